The van der Waals surface area contributed by atoms with Gasteiger partial charge < -0.3 is 19.9 Å². The molecule has 0 spiro atoms. The van der Waals surface area contributed by atoms with E-state index >= 15 is 0 Å². The van der Waals surface area contributed by atoms with Gasteiger partial charge in [-0.1, -0.05) is 18.2 Å². The summed E-state index contributed by atoms with van der Waals surface area (Å²) in [5.41, 5.74) is 7.15. The third-order valence-corrected chi connectivity index (χ3v) is 3.53. The van der Waals surface area contributed by atoms with Crippen molar-refractivity contribution in [3.8, 4) is 5.75 Å². The summed E-state index contributed by atoms with van der Waals surface area (Å²) in [6.07, 6.45) is 2.17. The molecule has 1 aromatic carbocycles. The van der Waals surface area contributed by atoms with E-state index in [0.717, 1.165) is 44.0 Å². The van der Waals surface area contributed by atoms with Crippen molar-refractivity contribution in [3.63, 3.8) is 0 Å². The first-order valence-electron chi connectivity index (χ1n) is 6.85. The molecule has 1 heterocycles. The summed E-state index contributed by atoms with van der Waals surface area (Å²) in [6, 6.07) is 7.68. The molecule has 0 bridgehead atoms. The van der Waals surface area contributed by atoms with Crippen LogP contribution in [-0.4, -0.2) is 33.5 Å². The minimum Gasteiger partial charge on any atom is -0.496 e. The predicted octanol–water partition coefficient (Wildman–Crippen LogP) is 2.14. The highest BCUT2D eigenvalue weighted by Gasteiger charge is 2.16. The Morgan fingerprint density at radius 1 is 1.32 bits per heavy atom. The van der Waals surface area contributed by atoms with Crippen molar-refractivity contribution >= 4 is 0 Å². The Morgan fingerprint density at radius 3 is 2.79 bits per heavy atom. The van der Waals surface area contributed by atoms with Crippen LogP contribution in [0.5, 0.6) is 5.75 Å². The van der Waals surface area contributed by atoms with Crippen LogP contribution in [0.4, 0.5) is 0 Å². The summed E-state index contributed by atoms with van der Waals surface area (Å²) in [5.74, 6) is 1.43. The van der Waals surface area contributed by atoms with Crippen LogP contribution in [0, 0.1) is 5.92 Å². The van der Waals surface area contributed by atoms with E-state index in [1.807, 2.05) is 24.3 Å². The molecule has 1 atom stereocenters. The van der Waals surface area contributed by atoms with Gasteiger partial charge in [-0.25, -0.2) is 0 Å². The number of hydrogen-bond acceptors (Lipinski definition) is 4. The van der Waals surface area contributed by atoms with Crippen LogP contribution in [0.3, 0.4) is 0 Å². The molecule has 1 fully saturated rings. The summed E-state index contributed by atoms with van der Waals surface area (Å²) in [7, 11) is 1.66. The third kappa shape index (κ3) is 4.20. The number of benzene rings is 1. The Morgan fingerprint density at radius 2 is 2.05 bits per heavy atom. The summed E-state index contributed by atoms with van der Waals surface area (Å²) < 4.78 is 16.4. The highest BCUT2D eigenvalue weighted by atomic mass is 16.5. The van der Waals surface area contributed by atoms with Gasteiger partial charge in [0.25, 0.3) is 0 Å². The highest BCUT2D eigenvalue weighted by molar-refractivity contribution is 5.35. The summed E-state index contributed by atoms with van der Waals surface area (Å²) in [4.78, 5) is 0. The van der Waals surface area contributed by atoms with E-state index in [1.54, 1.807) is 7.11 Å². The minimum absolute atomic E-state index is 0.143. The predicted molar refractivity (Wildman–Crippen MR) is 74.3 cm³/mol. The maximum Gasteiger partial charge on any atom is 0.123 e. The SMILES string of the molecule is COc1ccccc1C(N)COCC1CCOCC1. The molecule has 1 aliphatic heterocycles. The normalized spacial score (nSPS) is 18.2. The molecular weight excluding hydrogens is 242 g/mol. The largest absolute Gasteiger partial charge is 0.496 e. The van der Waals surface area contributed by atoms with Crippen LogP contribution in [0.2, 0.25) is 0 Å². The van der Waals surface area contributed by atoms with Crippen LogP contribution < -0.4 is 10.5 Å². The van der Waals surface area contributed by atoms with E-state index in [2.05, 4.69) is 0 Å². The van der Waals surface area contributed by atoms with Gasteiger partial charge in [0.1, 0.15) is 5.75 Å². The second kappa shape index (κ2) is 7.48. The molecule has 1 aromatic rings. The lowest BCUT2D eigenvalue weighted by molar-refractivity contribution is 0.0173. The van der Waals surface area contributed by atoms with E-state index < -0.39 is 0 Å². The van der Waals surface area contributed by atoms with Gasteiger partial charge in [0, 0.05) is 25.4 Å². The van der Waals surface area contributed by atoms with Crippen molar-refractivity contribution in [2.75, 3.05) is 33.5 Å². The van der Waals surface area contributed by atoms with Crippen molar-refractivity contribution in [1.82, 2.24) is 0 Å². The smallest absolute Gasteiger partial charge is 0.123 e. The van der Waals surface area contributed by atoms with Gasteiger partial charge in [-0.05, 0) is 24.8 Å². The Hall–Kier alpha value is -1.10. The van der Waals surface area contributed by atoms with E-state index in [4.69, 9.17) is 19.9 Å². The maximum atomic E-state index is 6.16. The summed E-state index contributed by atoms with van der Waals surface area (Å²) >= 11 is 0. The number of para-hydroxylation sites is 1. The van der Waals surface area contributed by atoms with Gasteiger partial charge in [-0.3, -0.25) is 0 Å². The fraction of sp³-hybridized carbons (Fsp3) is 0.600. The molecule has 0 radical (unpaired) electrons. The average molecular weight is 265 g/mol. The molecule has 1 aliphatic rings. The second-order valence-corrected chi connectivity index (χ2v) is 4.94. The first-order chi connectivity index (χ1) is 9.31. The zero-order valence-corrected chi connectivity index (χ0v) is 11.5. The first-order valence-corrected chi connectivity index (χ1v) is 6.85. The number of rotatable bonds is 6. The Labute approximate surface area is 114 Å². The molecule has 0 aromatic heterocycles. The molecule has 4 nitrogen and oxygen atoms in total. The molecule has 0 aliphatic carbocycles. The van der Waals surface area contributed by atoms with E-state index in [9.17, 15) is 0 Å². The zero-order valence-electron chi connectivity index (χ0n) is 11.5. The molecule has 1 saturated heterocycles. The summed E-state index contributed by atoms with van der Waals surface area (Å²) in [6.45, 7) is 3.00. The van der Waals surface area contributed by atoms with Gasteiger partial charge in [0.2, 0.25) is 0 Å². The van der Waals surface area contributed by atoms with E-state index in [-0.39, 0.29) is 6.04 Å². The van der Waals surface area contributed by atoms with Crippen LogP contribution in [0.15, 0.2) is 24.3 Å². The standard InChI is InChI=1S/C15H23NO3/c1-17-15-5-3-2-4-13(15)14(16)11-19-10-12-6-8-18-9-7-12/h2-5,12,14H,6-11,16H2,1H3. The van der Waals surface area contributed by atoms with Gasteiger partial charge in [-0.15, -0.1) is 0 Å². The van der Waals surface area contributed by atoms with Crippen molar-refractivity contribution < 1.29 is 14.2 Å². The van der Waals surface area contributed by atoms with Crippen LogP contribution in [0.1, 0.15) is 24.4 Å². The zero-order chi connectivity index (χ0) is 13.5. The number of methoxy groups -OCH3 is 1. The molecule has 4 heteroatoms. The second-order valence-electron chi connectivity index (χ2n) is 4.94. The van der Waals surface area contributed by atoms with Crippen molar-refractivity contribution in [2.45, 2.75) is 18.9 Å². The number of ether oxygens (including phenoxy) is 3. The molecule has 2 rings (SSSR count). The van der Waals surface area contributed by atoms with Gasteiger partial charge in [-0.2, -0.15) is 0 Å². The highest BCUT2D eigenvalue weighted by Crippen LogP contribution is 2.23. The van der Waals surface area contributed by atoms with Gasteiger partial charge >= 0.3 is 0 Å². The molecule has 1 unspecified atom stereocenters. The fourth-order valence-electron chi connectivity index (χ4n) is 2.34. The molecule has 19 heavy (non-hydrogen) atoms. The topological polar surface area (TPSA) is 53.7 Å². The lowest BCUT2D eigenvalue weighted by Gasteiger charge is -2.23. The fourth-order valence-corrected chi connectivity index (χ4v) is 2.34. The molecule has 0 amide bonds. The lowest BCUT2D eigenvalue weighted by Crippen LogP contribution is -2.23. The number of nitrogens with two attached hydrogens (primary N) is 1. The quantitative estimate of drug-likeness (QED) is 0.856. The minimum atomic E-state index is -0.143. The first kappa shape index (κ1) is 14.3. The molecule has 2 N–H and O–H groups in total. The van der Waals surface area contributed by atoms with E-state index in [1.165, 1.54) is 0 Å². The monoisotopic (exact) mass is 265 g/mol. The number of hydrogen-bond donors (Lipinski definition) is 1. The third-order valence-electron chi connectivity index (χ3n) is 3.53. The van der Waals surface area contributed by atoms with Crippen LogP contribution in [0.25, 0.3) is 0 Å². The van der Waals surface area contributed by atoms with Crippen molar-refractivity contribution in [1.29, 1.82) is 0 Å². The molecule has 106 valence electrons. The van der Waals surface area contributed by atoms with E-state index in [0.29, 0.717) is 12.5 Å². The Balaban J connectivity index is 1.78. The lowest BCUT2D eigenvalue weighted by atomic mass is 10.0. The van der Waals surface area contributed by atoms with Gasteiger partial charge in [0.15, 0.2) is 0 Å². The maximum absolute atomic E-state index is 6.16. The van der Waals surface area contributed by atoms with Crippen LogP contribution in [-0.2, 0) is 9.47 Å². The van der Waals surface area contributed by atoms with Gasteiger partial charge in [0.05, 0.1) is 19.8 Å². The van der Waals surface area contributed by atoms with Crippen molar-refractivity contribution in [2.24, 2.45) is 11.7 Å². The molecular formula is C15H23NO3. The Kier molecular flexibility index (Phi) is 5.63. The van der Waals surface area contributed by atoms with Crippen LogP contribution >= 0.6 is 0 Å². The average Bonchev–Trinajstić information content (AvgIpc) is 2.48. The molecule has 0 saturated carbocycles. The summed E-state index contributed by atoms with van der Waals surface area (Å²) in [5, 5.41) is 0. The Bertz CT molecular complexity index is 377. The van der Waals surface area contributed by atoms with Crippen molar-refractivity contribution in [3.05, 3.63) is 29.8 Å².